The fourth-order valence-electron chi connectivity index (χ4n) is 1.37. The Morgan fingerprint density at radius 1 is 1.24 bits per heavy atom. The van der Waals surface area contributed by atoms with E-state index in [4.69, 9.17) is 0 Å². The van der Waals surface area contributed by atoms with Crippen molar-refractivity contribution in [3.05, 3.63) is 35.9 Å². The van der Waals surface area contributed by atoms with E-state index in [0.717, 1.165) is 31.3 Å². The first-order chi connectivity index (χ1) is 8.36. The van der Waals surface area contributed by atoms with Crippen molar-refractivity contribution >= 4 is 17.7 Å². The highest BCUT2D eigenvalue weighted by atomic mass is 32.2. The summed E-state index contributed by atoms with van der Waals surface area (Å²) in [6.45, 7) is 4.63. The van der Waals surface area contributed by atoms with Gasteiger partial charge in [-0.3, -0.25) is 0 Å². The van der Waals surface area contributed by atoms with Gasteiger partial charge < -0.3 is 10.6 Å². The van der Waals surface area contributed by atoms with Gasteiger partial charge >= 0.3 is 0 Å². The largest absolute Gasteiger partial charge is 0.357 e. The van der Waals surface area contributed by atoms with Gasteiger partial charge in [-0.25, -0.2) is 4.99 Å². The lowest BCUT2D eigenvalue weighted by Crippen LogP contribution is -2.38. The number of hydrogen-bond acceptors (Lipinski definition) is 2. The molecule has 0 spiro atoms. The molecule has 0 radical (unpaired) electrons. The molecule has 1 aromatic rings. The highest BCUT2D eigenvalue weighted by Gasteiger charge is 1.96. The molecule has 0 aromatic heterocycles. The Morgan fingerprint density at radius 2 is 2.00 bits per heavy atom. The van der Waals surface area contributed by atoms with Crippen LogP contribution in [0.3, 0.4) is 0 Å². The molecule has 0 saturated heterocycles. The quantitative estimate of drug-likeness (QED) is 0.462. The van der Waals surface area contributed by atoms with Crippen molar-refractivity contribution < 1.29 is 0 Å². The summed E-state index contributed by atoms with van der Waals surface area (Å²) in [5, 5.41) is 6.55. The minimum absolute atomic E-state index is 0.718. The molecule has 4 heteroatoms. The third kappa shape index (κ3) is 6.22. The van der Waals surface area contributed by atoms with Crippen LogP contribution in [0.4, 0.5) is 0 Å². The molecule has 0 bridgehead atoms. The molecule has 1 rings (SSSR count). The van der Waals surface area contributed by atoms with Gasteiger partial charge in [0, 0.05) is 18.8 Å². The Bertz CT molecular complexity index is 325. The lowest BCUT2D eigenvalue weighted by Gasteiger charge is -2.10. The van der Waals surface area contributed by atoms with E-state index >= 15 is 0 Å². The third-order valence-electron chi connectivity index (χ3n) is 2.21. The third-order valence-corrected chi connectivity index (χ3v) is 2.82. The zero-order valence-electron chi connectivity index (χ0n) is 10.6. The molecule has 0 atom stereocenters. The molecule has 0 aliphatic rings. The van der Waals surface area contributed by atoms with Crippen LogP contribution in [0.1, 0.15) is 12.5 Å². The fraction of sp³-hybridized carbons (Fsp3) is 0.462. The predicted molar refractivity (Wildman–Crippen MR) is 77.6 cm³/mol. The highest BCUT2D eigenvalue weighted by molar-refractivity contribution is 7.98. The molecule has 0 aliphatic carbocycles. The summed E-state index contributed by atoms with van der Waals surface area (Å²) in [7, 11) is 0. The van der Waals surface area contributed by atoms with Crippen LogP contribution in [0, 0.1) is 0 Å². The summed E-state index contributed by atoms with van der Waals surface area (Å²) in [6.07, 6.45) is 2.11. The maximum atomic E-state index is 4.54. The van der Waals surface area contributed by atoms with E-state index in [1.165, 1.54) is 5.56 Å². The van der Waals surface area contributed by atoms with Crippen molar-refractivity contribution in [3.8, 4) is 0 Å². The van der Waals surface area contributed by atoms with Crippen LogP contribution in [-0.2, 0) is 6.54 Å². The molecule has 0 unspecified atom stereocenters. The van der Waals surface area contributed by atoms with Crippen LogP contribution in [0.15, 0.2) is 35.3 Å². The normalized spacial score (nSPS) is 11.3. The van der Waals surface area contributed by atoms with Gasteiger partial charge in [-0.05, 0) is 18.7 Å². The zero-order valence-corrected chi connectivity index (χ0v) is 11.4. The summed E-state index contributed by atoms with van der Waals surface area (Å²) in [6, 6.07) is 10.3. The standard InChI is InChI=1S/C13H21N3S/c1-3-14-13(15-9-10-17-2)16-11-12-7-5-4-6-8-12/h4-8H,3,9-11H2,1-2H3,(H2,14,15,16). The summed E-state index contributed by atoms with van der Waals surface area (Å²) in [5.41, 5.74) is 1.23. The van der Waals surface area contributed by atoms with Crippen LogP contribution >= 0.6 is 11.8 Å². The first-order valence-corrected chi connectivity index (χ1v) is 7.31. The molecule has 0 fully saturated rings. The summed E-state index contributed by atoms with van der Waals surface area (Å²) in [4.78, 5) is 4.54. The van der Waals surface area contributed by atoms with Crippen molar-refractivity contribution in [2.75, 3.05) is 25.1 Å². The molecule has 17 heavy (non-hydrogen) atoms. The van der Waals surface area contributed by atoms with Crippen molar-refractivity contribution in [3.63, 3.8) is 0 Å². The molecule has 0 heterocycles. The van der Waals surface area contributed by atoms with E-state index in [1.54, 1.807) is 0 Å². The molecule has 0 saturated carbocycles. The van der Waals surface area contributed by atoms with E-state index in [2.05, 4.69) is 40.9 Å². The SMILES string of the molecule is CCNC(=NCc1ccccc1)NCCSC. The number of aliphatic imine (C=N–C) groups is 1. The van der Waals surface area contributed by atoms with Crippen LogP contribution in [0.2, 0.25) is 0 Å². The number of guanidine groups is 1. The molecular weight excluding hydrogens is 230 g/mol. The maximum Gasteiger partial charge on any atom is 0.191 e. The van der Waals surface area contributed by atoms with Crippen molar-refractivity contribution in [1.82, 2.24) is 10.6 Å². The van der Waals surface area contributed by atoms with Gasteiger partial charge in [0.1, 0.15) is 0 Å². The number of hydrogen-bond donors (Lipinski definition) is 2. The average molecular weight is 251 g/mol. The van der Waals surface area contributed by atoms with Crippen LogP contribution in [0.5, 0.6) is 0 Å². The number of rotatable bonds is 6. The molecule has 2 N–H and O–H groups in total. The Kier molecular flexibility index (Phi) is 7.30. The fourth-order valence-corrected chi connectivity index (χ4v) is 1.67. The number of thioether (sulfide) groups is 1. The first kappa shape index (κ1) is 13.9. The van der Waals surface area contributed by atoms with Crippen molar-refractivity contribution in [2.45, 2.75) is 13.5 Å². The van der Waals surface area contributed by atoms with Gasteiger partial charge in [0.2, 0.25) is 0 Å². The number of nitrogens with one attached hydrogen (secondary N) is 2. The second-order valence-electron chi connectivity index (χ2n) is 3.60. The molecule has 0 aliphatic heterocycles. The summed E-state index contributed by atoms with van der Waals surface area (Å²) >= 11 is 1.83. The molecular formula is C13H21N3S. The minimum atomic E-state index is 0.718. The first-order valence-electron chi connectivity index (χ1n) is 5.92. The predicted octanol–water partition coefficient (Wildman–Crippen LogP) is 2.10. The monoisotopic (exact) mass is 251 g/mol. The van der Waals surface area contributed by atoms with Crippen LogP contribution < -0.4 is 10.6 Å². The van der Waals surface area contributed by atoms with Crippen LogP contribution in [-0.4, -0.2) is 31.1 Å². The topological polar surface area (TPSA) is 36.4 Å². The Balaban J connectivity index is 2.45. The van der Waals surface area contributed by atoms with Crippen molar-refractivity contribution in [2.24, 2.45) is 4.99 Å². The molecule has 3 nitrogen and oxygen atoms in total. The van der Waals surface area contributed by atoms with Crippen molar-refractivity contribution in [1.29, 1.82) is 0 Å². The van der Waals surface area contributed by atoms with Gasteiger partial charge in [0.15, 0.2) is 5.96 Å². The minimum Gasteiger partial charge on any atom is -0.357 e. The maximum absolute atomic E-state index is 4.54. The second kappa shape index (κ2) is 8.93. The van der Waals surface area contributed by atoms with E-state index in [0.29, 0.717) is 0 Å². The van der Waals surface area contributed by atoms with E-state index in [9.17, 15) is 0 Å². The average Bonchev–Trinajstić information content (AvgIpc) is 2.37. The molecule has 1 aromatic carbocycles. The van der Waals surface area contributed by atoms with Gasteiger partial charge in [0.25, 0.3) is 0 Å². The Labute approximate surface area is 108 Å². The van der Waals surface area contributed by atoms with Gasteiger partial charge in [0.05, 0.1) is 6.54 Å². The Morgan fingerprint density at radius 3 is 2.65 bits per heavy atom. The number of nitrogens with zero attached hydrogens (tertiary/aromatic N) is 1. The molecule has 0 amide bonds. The number of benzene rings is 1. The molecule has 94 valence electrons. The zero-order chi connectivity index (χ0) is 12.3. The van der Waals surface area contributed by atoms with E-state index < -0.39 is 0 Å². The second-order valence-corrected chi connectivity index (χ2v) is 4.59. The lowest BCUT2D eigenvalue weighted by atomic mass is 10.2. The van der Waals surface area contributed by atoms with Crippen LogP contribution in [0.25, 0.3) is 0 Å². The smallest absolute Gasteiger partial charge is 0.191 e. The van der Waals surface area contributed by atoms with E-state index in [1.807, 2.05) is 30.0 Å². The lowest BCUT2D eigenvalue weighted by molar-refractivity contribution is 0.843. The van der Waals surface area contributed by atoms with Gasteiger partial charge in [-0.15, -0.1) is 0 Å². The summed E-state index contributed by atoms with van der Waals surface area (Å²) < 4.78 is 0. The summed E-state index contributed by atoms with van der Waals surface area (Å²) in [5.74, 6) is 1.99. The van der Waals surface area contributed by atoms with Gasteiger partial charge in [-0.1, -0.05) is 30.3 Å². The highest BCUT2D eigenvalue weighted by Crippen LogP contribution is 1.99. The van der Waals surface area contributed by atoms with Gasteiger partial charge in [-0.2, -0.15) is 11.8 Å². The Hall–Kier alpha value is -1.16. The van der Waals surface area contributed by atoms with E-state index in [-0.39, 0.29) is 0 Å².